The van der Waals surface area contributed by atoms with Crippen LogP contribution in [-0.2, 0) is 10.0 Å². The molecule has 3 N–H and O–H groups in total. The highest BCUT2D eigenvalue weighted by Gasteiger charge is 2.55. The van der Waals surface area contributed by atoms with Gasteiger partial charge in [-0.3, -0.25) is 0 Å². The molecule has 2 aliphatic rings. The molecule has 1 heterocycles. The van der Waals surface area contributed by atoms with Crippen LogP contribution in [0.5, 0.6) is 0 Å². The van der Waals surface area contributed by atoms with Gasteiger partial charge in [0, 0.05) is 18.8 Å². The van der Waals surface area contributed by atoms with Gasteiger partial charge in [-0.2, -0.15) is 4.31 Å². The standard InChI is InChI=1S/C12H15ClN2O3S/c13-10-5-9(14)3-4-11(10)19(17,18)15-6-12(16,7-15)8-1-2-8/h3-5,8,16H,1-2,6-7,14H2. The molecular weight excluding hydrogens is 288 g/mol. The summed E-state index contributed by atoms with van der Waals surface area (Å²) in [5.74, 6) is 0.251. The Morgan fingerprint density at radius 3 is 2.53 bits per heavy atom. The maximum Gasteiger partial charge on any atom is 0.244 e. The lowest BCUT2D eigenvalue weighted by atomic mass is 9.91. The minimum absolute atomic E-state index is 0.0428. The minimum Gasteiger partial charge on any atom is -0.399 e. The van der Waals surface area contributed by atoms with Gasteiger partial charge in [-0.15, -0.1) is 0 Å². The van der Waals surface area contributed by atoms with E-state index in [2.05, 4.69) is 0 Å². The molecule has 3 rings (SSSR count). The van der Waals surface area contributed by atoms with Gasteiger partial charge in [0.25, 0.3) is 0 Å². The fraction of sp³-hybridized carbons (Fsp3) is 0.500. The number of hydrogen-bond acceptors (Lipinski definition) is 4. The molecule has 0 amide bonds. The molecule has 1 aliphatic heterocycles. The van der Waals surface area contributed by atoms with Crippen molar-refractivity contribution in [1.82, 2.24) is 4.31 Å². The van der Waals surface area contributed by atoms with E-state index >= 15 is 0 Å². The predicted molar refractivity (Wildman–Crippen MR) is 72.3 cm³/mol. The average molecular weight is 303 g/mol. The van der Waals surface area contributed by atoms with Crippen molar-refractivity contribution in [3.8, 4) is 0 Å². The van der Waals surface area contributed by atoms with E-state index in [1.165, 1.54) is 22.5 Å². The van der Waals surface area contributed by atoms with Crippen LogP contribution in [0.1, 0.15) is 12.8 Å². The van der Waals surface area contributed by atoms with E-state index in [4.69, 9.17) is 17.3 Å². The van der Waals surface area contributed by atoms with Crippen LogP contribution in [0.4, 0.5) is 5.69 Å². The lowest BCUT2D eigenvalue weighted by Crippen LogP contribution is -2.64. The van der Waals surface area contributed by atoms with E-state index in [0.717, 1.165) is 12.8 Å². The smallest absolute Gasteiger partial charge is 0.244 e. The molecule has 2 fully saturated rings. The van der Waals surface area contributed by atoms with Crippen molar-refractivity contribution in [2.75, 3.05) is 18.8 Å². The fourth-order valence-corrected chi connectivity index (χ4v) is 4.57. The molecule has 0 bridgehead atoms. The third kappa shape index (κ3) is 2.12. The molecule has 0 spiro atoms. The number of rotatable bonds is 3. The normalized spacial score (nSPS) is 23.1. The number of nitrogen functional groups attached to an aromatic ring is 1. The number of halogens is 1. The Hall–Kier alpha value is -0.820. The van der Waals surface area contributed by atoms with Crippen LogP contribution in [-0.4, -0.2) is 36.5 Å². The second-order valence-corrected chi connectivity index (χ2v) is 7.65. The second-order valence-electron chi connectivity index (χ2n) is 5.34. The first-order chi connectivity index (χ1) is 8.83. The molecule has 1 aromatic rings. The van der Waals surface area contributed by atoms with Crippen molar-refractivity contribution >= 4 is 27.3 Å². The number of anilines is 1. The monoisotopic (exact) mass is 302 g/mol. The van der Waals surface area contributed by atoms with Gasteiger partial charge in [-0.05, 0) is 37.0 Å². The van der Waals surface area contributed by atoms with Crippen LogP contribution in [0.15, 0.2) is 23.1 Å². The van der Waals surface area contributed by atoms with Gasteiger partial charge in [0.1, 0.15) is 4.90 Å². The molecule has 0 unspecified atom stereocenters. The molecular formula is C12H15ClN2O3S. The molecule has 1 aliphatic carbocycles. The van der Waals surface area contributed by atoms with Crippen LogP contribution in [0.2, 0.25) is 5.02 Å². The van der Waals surface area contributed by atoms with Gasteiger partial charge in [0.15, 0.2) is 0 Å². The minimum atomic E-state index is -3.64. The van der Waals surface area contributed by atoms with Crippen LogP contribution in [0.3, 0.4) is 0 Å². The zero-order valence-corrected chi connectivity index (χ0v) is 11.8. The summed E-state index contributed by atoms with van der Waals surface area (Å²) in [6, 6.07) is 4.33. The van der Waals surface area contributed by atoms with Crippen LogP contribution in [0.25, 0.3) is 0 Å². The third-order valence-corrected chi connectivity index (χ3v) is 6.09. The number of hydrogen-bond donors (Lipinski definition) is 2. The Morgan fingerprint density at radius 2 is 2.00 bits per heavy atom. The predicted octanol–water partition coefficient (Wildman–Crippen LogP) is 1.07. The number of aliphatic hydroxyl groups is 1. The third-order valence-electron chi connectivity index (χ3n) is 3.81. The molecule has 19 heavy (non-hydrogen) atoms. The van der Waals surface area contributed by atoms with E-state index < -0.39 is 15.6 Å². The first-order valence-corrected chi connectivity index (χ1v) is 7.92. The summed E-state index contributed by atoms with van der Waals surface area (Å²) >= 11 is 5.94. The van der Waals surface area contributed by atoms with Gasteiger partial charge in [-0.1, -0.05) is 11.6 Å². The maximum absolute atomic E-state index is 12.4. The molecule has 0 atom stereocenters. The number of benzene rings is 1. The van der Waals surface area contributed by atoms with Gasteiger partial charge >= 0.3 is 0 Å². The summed E-state index contributed by atoms with van der Waals surface area (Å²) in [7, 11) is -3.64. The topological polar surface area (TPSA) is 83.6 Å². The summed E-state index contributed by atoms with van der Waals surface area (Å²) < 4.78 is 26.0. The highest BCUT2D eigenvalue weighted by Crippen LogP contribution is 2.46. The molecule has 104 valence electrons. The van der Waals surface area contributed by atoms with Crippen molar-refractivity contribution in [2.45, 2.75) is 23.3 Å². The molecule has 0 aromatic heterocycles. The van der Waals surface area contributed by atoms with Crippen molar-refractivity contribution in [3.63, 3.8) is 0 Å². The Kier molecular flexibility index (Phi) is 2.83. The molecule has 0 radical (unpaired) electrons. The highest BCUT2D eigenvalue weighted by atomic mass is 35.5. The lowest BCUT2D eigenvalue weighted by Gasteiger charge is -2.45. The first-order valence-electron chi connectivity index (χ1n) is 6.10. The first kappa shape index (κ1) is 13.2. The second kappa shape index (κ2) is 4.09. The zero-order chi connectivity index (χ0) is 13.8. The molecule has 5 nitrogen and oxygen atoms in total. The van der Waals surface area contributed by atoms with Crippen molar-refractivity contribution < 1.29 is 13.5 Å². The Balaban J connectivity index is 1.84. The van der Waals surface area contributed by atoms with Crippen molar-refractivity contribution in [3.05, 3.63) is 23.2 Å². The highest BCUT2D eigenvalue weighted by molar-refractivity contribution is 7.89. The van der Waals surface area contributed by atoms with Gasteiger partial charge < -0.3 is 10.8 Å². The number of sulfonamides is 1. The fourth-order valence-electron chi connectivity index (χ4n) is 2.48. The lowest BCUT2D eigenvalue weighted by molar-refractivity contribution is -0.0764. The number of β-amino-alcohol motifs (C(OH)–C–C–N with tert-alkyl or cyclic N) is 1. The summed E-state index contributed by atoms with van der Waals surface area (Å²) in [5.41, 5.74) is 5.13. The summed E-state index contributed by atoms with van der Waals surface area (Å²) in [6.07, 6.45) is 1.96. The van der Waals surface area contributed by atoms with Gasteiger partial charge in [0.2, 0.25) is 10.0 Å². The van der Waals surface area contributed by atoms with Crippen LogP contribution in [0, 0.1) is 5.92 Å². The van der Waals surface area contributed by atoms with Gasteiger partial charge in [-0.25, -0.2) is 8.42 Å². The van der Waals surface area contributed by atoms with E-state index in [1.54, 1.807) is 0 Å². The maximum atomic E-state index is 12.4. The average Bonchev–Trinajstić information content (AvgIpc) is 3.07. The Bertz CT molecular complexity index is 622. The summed E-state index contributed by atoms with van der Waals surface area (Å²) in [6.45, 7) is 0.307. The summed E-state index contributed by atoms with van der Waals surface area (Å²) in [4.78, 5) is 0.0428. The van der Waals surface area contributed by atoms with Crippen molar-refractivity contribution in [1.29, 1.82) is 0 Å². The van der Waals surface area contributed by atoms with E-state index in [0.29, 0.717) is 5.69 Å². The SMILES string of the molecule is Nc1ccc(S(=O)(=O)N2CC(O)(C3CC3)C2)c(Cl)c1. The van der Waals surface area contributed by atoms with E-state index in [9.17, 15) is 13.5 Å². The Morgan fingerprint density at radius 1 is 1.37 bits per heavy atom. The summed E-state index contributed by atoms with van der Waals surface area (Å²) in [5, 5.41) is 10.3. The van der Waals surface area contributed by atoms with Gasteiger partial charge in [0.05, 0.1) is 10.6 Å². The largest absolute Gasteiger partial charge is 0.399 e. The van der Waals surface area contributed by atoms with Crippen LogP contribution < -0.4 is 5.73 Å². The quantitative estimate of drug-likeness (QED) is 0.818. The molecule has 1 aromatic carbocycles. The molecule has 1 saturated carbocycles. The van der Waals surface area contributed by atoms with E-state index in [1.807, 2.05) is 0 Å². The number of nitrogens with zero attached hydrogens (tertiary/aromatic N) is 1. The molecule has 1 saturated heterocycles. The van der Waals surface area contributed by atoms with Crippen molar-refractivity contribution in [2.24, 2.45) is 5.92 Å². The van der Waals surface area contributed by atoms with Crippen LogP contribution >= 0.6 is 11.6 Å². The zero-order valence-electron chi connectivity index (χ0n) is 10.2. The van der Waals surface area contributed by atoms with E-state index in [-0.39, 0.29) is 28.9 Å². The number of nitrogens with two attached hydrogens (primary N) is 1. The molecule has 7 heteroatoms. The Labute approximate surface area is 117 Å².